The highest BCUT2D eigenvalue weighted by atomic mass is 127. The predicted molar refractivity (Wildman–Crippen MR) is 61.7 cm³/mol. The third kappa shape index (κ3) is 4.13. The SMILES string of the molecule is NS(=O)(=O)c1cc(OC(F)(F)F)nc([N+](=O)[O-])c1I. The van der Waals surface area contributed by atoms with Crippen LogP contribution in [-0.2, 0) is 10.0 Å². The summed E-state index contributed by atoms with van der Waals surface area (Å²) in [6.07, 6.45) is -5.18. The van der Waals surface area contributed by atoms with Crippen LogP contribution >= 0.6 is 22.6 Å². The molecule has 2 N–H and O–H groups in total. The number of hydrogen-bond donors (Lipinski definition) is 1. The first-order valence-electron chi connectivity index (χ1n) is 4.05. The molecule has 0 radical (unpaired) electrons. The number of nitro groups is 1. The molecule has 0 saturated carbocycles. The van der Waals surface area contributed by atoms with Crippen molar-refractivity contribution < 1.29 is 31.2 Å². The summed E-state index contributed by atoms with van der Waals surface area (Å²) in [4.78, 5) is 11.5. The zero-order valence-corrected chi connectivity index (χ0v) is 11.5. The number of pyridine rings is 1. The Morgan fingerprint density at radius 3 is 2.37 bits per heavy atom. The van der Waals surface area contributed by atoms with Crippen molar-refractivity contribution in [3.8, 4) is 5.88 Å². The normalized spacial score (nSPS) is 12.3. The van der Waals surface area contributed by atoms with Crippen molar-refractivity contribution in [3.05, 3.63) is 19.8 Å². The Balaban J connectivity index is 3.54. The summed E-state index contributed by atoms with van der Waals surface area (Å²) in [5.41, 5.74) is 0. The number of hydrogen-bond acceptors (Lipinski definition) is 6. The first-order valence-corrected chi connectivity index (χ1v) is 6.68. The number of nitrogens with two attached hydrogens (primary N) is 1. The summed E-state index contributed by atoms with van der Waals surface area (Å²) in [5, 5.41) is 15.3. The van der Waals surface area contributed by atoms with Gasteiger partial charge in [0.15, 0.2) is 0 Å². The molecule has 1 aromatic heterocycles. The average molecular weight is 413 g/mol. The Bertz CT molecular complexity index is 632. The number of ether oxygens (including phenoxy) is 1. The maximum atomic E-state index is 12.0. The van der Waals surface area contributed by atoms with E-state index in [4.69, 9.17) is 5.14 Å². The standard InChI is InChI=1S/C6H3F3IN3O5S/c7-6(8,9)18-3-1-2(19(11,16)17)4(10)5(12-3)13(14)15/h1H,(H2,11,16,17). The van der Waals surface area contributed by atoms with Gasteiger partial charge in [-0.2, -0.15) is 0 Å². The summed E-state index contributed by atoms with van der Waals surface area (Å²) in [7, 11) is -4.47. The molecule has 0 aliphatic carbocycles. The average Bonchev–Trinajstić information content (AvgIpc) is 2.16. The van der Waals surface area contributed by atoms with E-state index >= 15 is 0 Å². The van der Waals surface area contributed by atoms with Gasteiger partial charge in [-0.3, -0.25) is 0 Å². The van der Waals surface area contributed by atoms with Crippen LogP contribution in [0.5, 0.6) is 5.88 Å². The monoisotopic (exact) mass is 413 g/mol. The van der Waals surface area contributed by atoms with Crippen LogP contribution in [0.2, 0.25) is 0 Å². The summed E-state index contributed by atoms with van der Waals surface area (Å²) in [6, 6.07) is 0.359. The minimum absolute atomic E-state index is 0.359. The molecule has 1 rings (SSSR count). The fraction of sp³-hybridized carbons (Fsp3) is 0.167. The molecule has 13 heteroatoms. The number of halogens is 4. The molecule has 106 valence electrons. The lowest BCUT2D eigenvalue weighted by molar-refractivity contribution is -0.391. The third-order valence-corrected chi connectivity index (χ3v) is 3.95. The number of sulfonamides is 1. The fourth-order valence-electron chi connectivity index (χ4n) is 0.970. The summed E-state index contributed by atoms with van der Waals surface area (Å²) in [5.74, 6) is -2.39. The maximum Gasteiger partial charge on any atom is 0.575 e. The molecule has 19 heavy (non-hydrogen) atoms. The zero-order chi connectivity index (χ0) is 15.0. The van der Waals surface area contributed by atoms with Crippen LogP contribution in [-0.4, -0.2) is 24.7 Å². The highest BCUT2D eigenvalue weighted by Crippen LogP contribution is 2.31. The van der Waals surface area contributed by atoms with E-state index in [-0.39, 0.29) is 0 Å². The molecule has 0 atom stereocenters. The van der Waals surface area contributed by atoms with Gasteiger partial charge in [0.25, 0.3) is 0 Å². The van der Waals surface area contributed by atoms with E-state index in [1.165, 1.54) is 22.6 Å². The molecule has 0 spiro atoms. The molecule has 0 bridgehead atoms. The Labute approximate surface area is 117 Å². The highest BCUT2D eigenvalue weighted by Gasteiger charge is 2.36. The zero-order valence-electron chi connectivity index (χ0n) is 8.51. The second kappa shape index (κ2) is 5.04. The third-order valence-electron chi connectivity index (χ3n) is 1.58. The summed E-state index contributed by atoms with van der Waals surface area (Å²) < 4.78 is 61.1. The first kappa shape index (κ1) is 15.8. The molecule has 0 fully saturated rings. The number of primary sulfonamides is 1. The molecule has 0 amide bonds. The molecule has 0 aliphatic heterocycles. The first-order chi connectivity index (χ1) is 8.42. The van der Waals surface area contributed by atoms with E-state index in [2.05, 4.69) is 9.72 Å². The van der Waals surface area contributed by atoms with Crippen molar-refractivity contribution in [2.45, 2.75) is 11.3 Å². The van der Waals surface area contributed by atoms with E-state index < -0.39 is 41.5 Å². The lowest BCUT2D eigenvalue weighted by atomic mass is 10.4. The Morgan fingerprint density at radius 2 is 2.00 bits per heavy atom. The molecular formula is C6H3F3IN3O5S. The molecule has 0 aliphatic rings. The van der Waals surface area contributed by atoms with E-state index in [0.29, 0.717) is 6.07 Å². The lowest BCUT2D eigenvalue weighted by Crippen LogP contribution is -2.20. The molecular weight excluding hydrogens is 410 g/mol. The maximum absolute atomic E-state index is 12.0. The lowest BCUT2D eigenvalue weighted by Gasteiger charge is -2.07. The molecule has 8 nitrogen and oxygen atoms in total. The van der Waals surface area contributed by atoms with Crippen molar-refractivity contribution in [3.63, 3.8) is 0 Å². The minimum Gasteiger partial charge on any atom is -0.366 e. The van der Waals surface area contributed by atoms with Crippen molar-refractivity contribution in [2.24, 2.45) is 5.14 Å². The van der Waals surface area contributed by atoms with Gasteiger partial charge in [-0.25, -0.2) is 13.6 Å². The fourth-order valence-corrected chi connectivity index (χ4v) is 2.97. The van der Waals surface area contributed by atoms with Gasteiger partial charge >= 0.3 is 18.1 Å². The largest absolute Gasteiger partial charge is 0.575 e. The van der Waals surface area contributed by atoms with Gasteiger partial charge in [-0.05, 0) is 27.5 Å². The van der Waals surface area contributed by atoms with E-state index in [1.807, 2.05) is 0 Å². The van der Waals surface area contributed by atoms with E-state index in [1.54, 1.807) is 0 Å². The Kier molecular flexibility index (Phi) is 4.20. The van der Waals surface area contributed by atoms with Gasteiger partial charge in [0.2, 0.25) is 10.0 Å². The van der Waals surface area contributed by atoms with Crippen molar-refractivity contribution >= 4 is 38.4 Å². The van der Waals surface area contributed by atoms with Gasteiger partial charge in [0.05, 0.1) is 0 Å². The molecule has 0 unspecified atom stereocenters. The van der Waals surface area contributed by atoms with Crippen LogP contribution in [0.1, 0.15) is 0 Å². The quantitative estimate of drug-likeness (QED) is 0.450. The smallest absolute Gasteiger partial charge is 0.366 e. The van der Waals surface area contributed by atoms with Crippen LogP contribution < -0.4 is 9.88 Å². The number of aromatic nitrogens is 1. The molecule has 1 heterocycles. The van der Waals surface area contributed by atoms with Gasteiger partial charge in [0, 0.05) is 11.1 Å². The number of alkyl halides is 3. The van der Waals surface area contributed by atoms with Gasteiger partial charge < -0.3 is 14.9 Å². The van der Waals surface area contributed by atoms with Gasteiger partial charge in [-0.15, -0.1) is 13.2 Å². The van der Waals surface area contributed by atoms with Crippen LogP contribution in [0.3, 0.4) is 0 Å². The Hall–Kier alpha value is -1.22. The topological polar surface area (TPSA) is 125 Å². The van der Waals surface area contributed by atoms with E-state index in [0.717, 1.165) is 0 Å². The van der Waals surface area contributed by atoms with Gasteiger partial charge in [0.1, 0.15) is 8.47 Å². The van der Waals surface area contributed by atoms with Crippen molar-refractivity contribution in [1.29, 1.82) is 0 Å². The van der Waals surface area contributed by atoms with Crippen LogP contribution in [0.15, 0.2) is 11.0 Å². The van der Waals surface area contributed by atoms with Crippen molar-refractivity contribution in [2.75, 3.05) is 0 Å². The second-order valence-electron chi connectivity index (χ2n) is 2.95. The summed E-state index contributed by atoms with van der Waals surface area (Å²) in [6.45, 7) is 0. The highest BCUT2D eigenvalue weighted by molar-refractivity contribution is 14.1. The Morgan fingerprint density at radius 1 is 1.47 bits per heavy atom. The summed E-state index contributed by atoms with van der Waals surface area (Å²) >= 11 is 1.24. The minimum atomic E-state index is -5.18. The van der Waals surface area contributed by atoms with Crippen LogP contribution in [0.4, 0.5) is 19.0 Å². The predicted octanol–water partition coefficient (Wildman–Crippen LogP) is 1.14. The van der Waals surface area contributed by atoms with Crippen LogP contribution in [0, 0.1) is 13.7 Å². The van der Waals surface area contributed by atoms with Gasteiger partial charge in [-0.1, -0.05) is 0 Å². The van der Waals surface area contributed by atoms with Crippen LogP contribution in [0.25, 0.3) is 0 Å². The molecule has 1 aromatic rings. The molecule has 0 aromatic carbocycles. The molecule has 0 saturated heterocycles. The van der Waals surface area contributed by atoms with Crippen molar-refractivity contribution in [1.82, 2.24) is 4.98 Å². The van der Waals surface area contributed by atoms with E-state index in [9.17, 15) is 31.7 Å². The number of rotatable bonds is 3. The number of nitrogens with zero attached hydrogens (tertiary/aromatic N) is 2. The second-order valence-corrected chi connectivity index (χ2v) is 5.55.